The highest BCUT2D eigenvalue weighted by molar-refractivity contribution is 4.99. The number of fused-ring (bicyclic) bond motifs is 1. The van der Waals surface area contributed by atoms with E-state index in [1.807, 2.05) is 0 Å². The first-order valence-corrected chi connectivity index (χ1v) is 5.43. The zero-order valence-corrected chi connectivity index (χ0v) is 8.95. The van der Waals surface area contributed by atoms with Crippen LogP contribution in [0.5, 0.6) is 0 Å². The van der Waals surface area contributed by atoms with Crippen molar-refractivity contribution in [1.29, 1.82) is 0 Å². The Labute approximate surface area is 84.7 Å². The van der Waals surface area contributed by atoms with Crippen molar-refractivity contribution in [3.63, 3.8) is 0 Å². The predicted octanol–water partition coefficient (Wildman–Crippen LogP) is 0.970. The molecule has 1 unspecified atom stereocenters. The van der Waals surface area contributed by atoms with E-state index in [1.165, 1.54) is 6.42 Å². The molecule has 2 heterocycles. The number of rotatable bonds is 3. The monoisotopic (exact) mass is 194 g/mol. The van der Waals surface area contributed by atoms with E-state index in [1.54, 1.807) is 0 Å². The van der Waals surface area contributed by atoms with Crippen molar-refractivity contribution in [3.8, 4) is 0 Å². The van der Waals surface area contributed by atoms with Crippen LogP contribution in [0.3, 0.4) is 0 Å². The summed E-state index contributed by atoms with van der Waals surface area (Å²) >= 11 is 0. The summed E-state index contributed by atoms with van der Waals surface area (Å²) in [7, 11) is 0. The third-order valence-corrected chi connectivity index (χ3v) is 2.81. The van der Waals surface area contributed by atoms with Gasteiger partial charge in [-0.15, -0.1) is 10.2 Å². The fourth-order valence-corrected chi connectivity index (χ4v) is 1.91. The van der Waals surface area contributed by atoms with Crippen molar-refractivity contribution < 1.29 is 0 Å². The summed E-state index contributed by atoms with van der Waals surface area (Å²) in [5.41, 5.74) is 0. The molecular weight excluding hydrogens is 176 g/mol. The highest BCUT2D eigenvalue weighted by atomic mass is 15.3. The van der Waals surface area contributed by atoms with Gasteiger partial charge in [0.2, 0.25) is 0 Å². The second kappa shape index (κ2) is 4.09. The van der Waals surface area contributed by atoms with Gasteiger partial charge < -0.3 is 9.88 Å². The Kier molecular flexibility index (Phi) is 2.82. The normalized spacial score (nSPS) is 20.9. The lowest BCUT2D eigenvalue weighted by Crippen LogP contribution is -2.22. The van der Waals surface area contributed by atoms with Crippen molar-refractivity contribution in [2.24, 2.45) is 5.92 Å². The molecule has 1 N–H and O–H groups in total. The van der Waals surface area contributed by atoms with Crippen LogP contribution in [0.2, 0.25) is 0 Å². The summed E-state index contributed by atoms with van der Waals surface area (Å²) in [4.78, 5) is 0. The van der Waals surface area contributed by atoms with Crippen LogP contribution in [-0.4, -0.2) is 21.3 Å². The molecule has 78 valence electrons. The van der Waals surface area contributed by atoms with Crippen molar-refractivity contribution in [2.45, 2.75) is 39.8 Å². The molecule has 0 fully saturated rings. The van der Waals surface area contributed by atoms with Gasteiger partial charge in [0.1, 0.15) is 11.6 Å². The van der Waals surface area contributed by atoms with Gasteiger partial charge in [0, 0.05) is 13.0 Å². The first-order chi connectivity index (χ1) is 6.81. The average molecular weight is 194 g/mol. The number of aromatic nitrogens is 3. The molecule has 0 saturated carbocycles. The van der Waals surface area contributed by atoms with Gasteiger partial charge in [-0.3, -0.25) is 0 Å². The van der Waals surface area contributed by atoms with Gasteiger partial charge in [-0.05, 0) is 18.9 Å². The quantitative estimate of drug-likeness (QED) is 0.779. The minimum absolute atomic E-state index is 0.763. The summed E-state index contributed by atoms with van der Waals surface area (Å²) in [6.07, 6.45) is 2.34. The van der Waals surface area contributed by atoms with E-state index in [2.05, 4.69) is 33.9 Å². The van der Waals surface area contributed by atoms with Crippen LogP contribution >= 0.6 is 0 Å². The molecule has 1 aliphatic heterocycles. The Hall–Kier alpha value is -0.900. The van der Waals surface area contributed by atoms with Crippen molar-refractivity contribution >= 4 is 0 Å². The lowest BCUT2D eigenvalue weighted by molar-refractivity contribution is 0.400. The minimum atomic E-state index is 0.763. The summed E-state index contributed by atoms with van der Waals surface area (Å²) < 4.78 is 2.27. The fraction of sp³-hybridized carbons (Fsp3) is 0.800. The summed E-state index contributed by atoms with van der Waals surface area (Å²) in [5.74, 6) is 3.02. The van der Waals surface area contributed by atoms with Crippen molar-refractivity contribution in [2.75, 3.05) is 6.54 Å². The summed E-state index contributed by atoms with van der Waals surface area (Å²) in [6, 6.07) is 0. The lowest BCUT2D eigenvalue weighted by atomic mass is 10.0. The second-order valence-corrected chi connectivity index (χ2v) is 4.06. The molecule has 1 aromatic heterocycles. The lowest BCUT2D eigenvalue weighted by Gasteiger charge is -2.20. The Bertz CT molecular complexity index is 305. The Morgan fingerprint density at radius 1 is 1.50 bits per heavy atom. The molecule has 0 amide bonds. The number of nitrogens with zero attached hydrogens (tertiary/aromatic N) is 3. The van der Waals surface area contributed by atoms with Gasteiger partial charge in [0.25, 0.3) is 0 Å². The third kappa shape index (κ3) is 1.80. The maximum absolute atomic E-state index is 4.23. The van der Waals surface area contributed by atoms with Crippen LogP contribution in [0, 0.1) is 5.92 Å². The molecule has 1 atom stereocenters. The van der Waals surface area contributed by atoms with Crippen LogP contribution in [-0.2, 0) is 19.5 Å². The van der Waals surface area contributed by atoms with Gasteiger partial charge in [-0.2, -0.15) is 0 Å². The van der Waals surface area contributed by atoms with Gasteiger partial charge in [-0.25, -0.2) is 0 Å². The Balaban J connectivity index is 2.12. The molecule has 14 heavy (non-hydrogen) atoms. The number of hydrogen-bond acceptors (Lipinski definition) is 3. The molecule has 0 aliphatic carbocycles. The molecule has 0 spiro atoms. The van der Waals surface area contributed by atoms with Gasteiger partial charge in [-0.1, -0.05) is 13.8 Å². The Morgan fingerprint density at radius 3 is 3.14 bits per heavy atom. The van der Waals surface area contributed by atoms with Crippen molar-refractivity contribution in [1.82, 2.24) is 20.1 Å². The molecular formula is C10H18N4. The standard InChI is InChI=1S/C10H18N4/c1-3-11-7-10-13-12-9-6-8(2)4-5-14(9)10/h8,11H,3-7H2,1-2H3. The van der Waals surface area contributed by atoms with E-state index in [9.17, 15) is 0 Å². The number of nitrogens with one attached hydrogen (secondary N) is 1. The molecule has 1 aliphatic rings. The minimum Gasteiger partial charge on any atom is -0.314 e. The van der Waals surface area contributed by atoms with Crippen molar-refractivity contribution in [3.05, 3.63) is 11.6 Å². The predicted molar refractivity (Wildman–Crippen MR) is 54.9 cm³/mol. The smallest absolute Gasteiger partial charge is 0.147 e. The molecule has 1 aromatic rings. The summed E-state index contributed by atoms with van der Waals surface area (Å²) in [6.45, 7) is 7.30. The number of hydrogen-bond donors (Lipinski definition) is 1. The van der Waals surface area contributed by atoms with E-state index in [4.69, 9.17) is 0 Å². The highest BCUT2D eigenvalue weighted by Gasteiger charge is 2.19. The topological polar surface area (TPSA) is 42.7 Å². The van der Waals surface area contributed by atoms with Crippen LogP contribution in [0.1, 0.15) is 31.9 Å². The molecule has 4 heteroatoms. The van der Waals surface area contributed by atoms with Gasteiger partial charge in [0.05, 0.1) is 6.54 Å². The first-order valence-electron chi connectivity index (χ1n) is 5.43. The third-order valence-electron chi connectivity index (χ3n) is 2.81. The largest absolute Gasteiger partial charge is 0.314 e. The second-order valence-electron chi connectivity index (χ2n) is 4.06. The van der Waals surface area contributed by atoms with Crippen LogP contribution in [0.4, 0.5) is 0 Å². The SMILES string of the molecule is CCNCc1nnc2n1CCC(C)C2. The van der Waals surface area contributed by atoms with Crippen LogP contribution in [0.25, 0.3) is 0 Å². The molecule has 0 aromatic carbocycles. The highest BCUT2D eigenvalue weighted by Crippen LogP contribution is 2.19. The maximum atomic E-state index is 4.23. The molecule has 0 bridgehead atoms. The molecule has 0 radical (unpaired) electrons. The average Bonchev–Trinajstić information content (AvgIpc) is 2.57. The molecule has 0 saturated heterocycles. The maximum Gasteiger partial charge on any atom is 0.147 e. The van der Waals surface area contributed by atoms with Gasteiger partial charge >= 0.3 is 0 Å². The molecule has 4 nitrogen and oxygen atoms in total. The van der Waals surface area contributed by atoms with Crippen LogP contribution in [0.15, 0.2) is 0 Å². The first kappa shape index (κ1) is 9.65. The zero-order valence-electron chi connectivity index (χ0n) is 8.95. The van der Waals surface area contributed by atoms with E-state index >= 15 is 0 Å². The fourth-order valence-electron chi connectivity index (χ4n) is 1.91. The van der Waals surface area contributed by atoms with Crippen LogP contribution < -0.4 is 5.32 Å². The Morgan fingerprint density at radius 2 is 2.36 bits per heavy atom. The van der Waals surface area contributed by atoms with E-state index < -0.39 is 0 Å². The van der Waals surface area contributed by atoms with E-state index in [0.717, 1.165) is 43.6 Å². The zero-order chi connectivity index (χ0) is 9.97. The molecule has 2 rings (SSSR count). The summed E-state index contributed by atoms with van der Waals surface area (Å²) in [5, 5.41) is 11.7. The van der Waals surface area contributed by atoms with E-state index in [0.29, 0.717) is 0 Å². The van der Waals surface area contributed by atoms with E-state index in [-0.39, 0.29) is 0 Å². The van der Waals surface area contributed by atoms with Gasteiger partial charge in [0.15, 0.2) is 0 Å².